The Balaban J connectivity index is 1.66. The van der Waals surface area contributed by atoms with Gasteiger partial charge in [-0.1, -0.05) is 19.0 Å². The minimum Gasteiger partial charge on any atom is -0.338 e. The molecule has 0 aliphatic rings. The van der Waals surface area contributed by atoms with Gasteiger partial charge in [-0.3, -0.25) is 4.90 Å². The molecule has 0 bridgehead atoms. The average Bonchev–Trinajstić information content (AvgIpc) is 3.04. The molecule has 0 aliphatic carbocycles. The molecule has 0 unspecified atom stereocenters. The van der Waals surface area contributed by atoms with Crippen molar-refractivity contribution in [2.75, 3.05) is 7.05 Å². The summed E-state index contributed by atoms with van der Waals surface area (Å²) < 4.78 is 6.89. The number of rotatable bonds is 5. The Morgan fingerprint density at radius 2 is 2.14 bits per heavy atom. The summed E-state index contributed by atoms with van der Waals surface area (Å²) in [6, 6.07) is 1.82. The molecule has 3 heterocycles. The van der Waals surface area contributed by atoms with Crippen molar-refractivity contribution >= 4 is 5.78 Å². The minimum atomic E-state index is 0.263. The largest absolute Gasteiger partial charge is 0.338 e. The molecular formula is C13H17N7O. The molecule has 0 radical (unpaired) electrons. The van der Waals surface area contributed by atoms with Crippen molar-refractivity contribution in [2.24, 2.45) is 0 Å². The SMILES string of the molecule is CC(C)c1noc(CN(C)Cc2nc3ncccn3n2)n1. The number of fused-ring (bicyclic) bond motifs is 1. The first-order valence-electron chi connectivity index (χ1n) is 6.79. The highest BCUT2D eigenvalue weighted by atomic mass is 16.5. The van der Waals surface area contributed by atoms with Crippen LogP contribution in [-0.2, 0) is 13.1 Å². The smallest absolute Gasteiger partial charge is 0.252 e. The van der Waals surface area contributed by atoms with Crippen molar-refractivity contribution in [2.45, 2.75) is 32.9 Å². The standard InChI is InChI=1S/C13H17N7O/c1-9(2)12-16-11(21-18-12)8-19(3)7-10-15-13-14-5-4-6-20(13)17-10/h4-6,9H,7-8H2,1-3H3. The van der Waals surface area contributed by atoms with Crippen molar-refractivity contribution < 1.29 is 4.52 Å². The maximum atomic E-state index is 5.23. The molecule has 0 atom stereocenters. The average molecular weight is 287 g/mol. The van der Waals surface area contributed by atoms with E-state index in [4.69, 9.17) is 4.52 Å². The summed E-state index contributed by atoms with van der Waals surface area (Å²) in [6.45, 7) is 5.21. The topological polar surface area (TPSA) is 85.2 Å². The van der Waals surface area contributed by atoms with Crippen LogP contribution in [-0.4, -0.2) is 41.7 Å². The van der Waals surface area contributed by atoms with Gasteiger partial charge in [0, 0.05) is 18.3 Å². The van der Waals surface area contributed by atoms with E-state index < -0.39 is 0 Å². The van der Waals surface area contributed by atoms with Crippen LogP contribution in [0.15, 0.2) is 23.0 Å². The highest BCUT2D eigenvalue weighted by molar-refractivity contribution is 5.24. The zero-order valence-electron chi connectivity index (χ0n) is 12.3. The second-order valence-electron chi connectivity index (χ2n) is 5.27. The zero-order valence-corrected chi connectivity index (χ0v) is 12.3. The first-order chi connectivity index (χ1) is 10.1. The van der Waals surface area contributed by atoms with E-state index >= 15 is 0 Å². The van der Waals surface area contributed by atoms with Crippen molar-refractivity contribution in [1.29, 1.82) is 0 Å². The van der Waals surface area contributed by atoms with Crippen LogP contribution in [0.2, 0.25) is 0 Å². The second kappa shape index (κ2) is 5.57. The van der Waals surface area contributed by atoms with E-state index in [2.05, 4.69) is 25.2 Å². The summed E-state index contributed by atoms with van der Waals surface area (Å²) in [7, 11) is 1.96. The Morgan fingerprint density at radius 1 is 1.29 bits per heavy atom. The third kappa shape index (κ3) is 3.05. The summed E-state index contributed by atoms with van der Waals surface area (Å²) in [4.78, 5) is 14.9. The summed E-state index contributed by atoms with van der Waals surface area (Å²) >= 11 is 0. The lowest BCUT2D eigenvalue weighted by Crippen LogP contribution is -2.18. The van der Waals surface area contributed by atoms with E-state index in [-0.39, 0.29) is 5.92 Å². The molecule has 8 heteroatoms. The Labute approximate surface area is 121 Å². The molecule has 3 rings (SSSR count). The van der Waals surface area contributed by atoms with Gasteiger partial charge in [0.2, 0.25) is 5.89 Å². The van der Waals surface area contributed by atoms with E-state index in [1.165, 1.54) is 0 Å². The molecule has 0 aromatic carbocycles. The molecule has 110 valence electrons. The highest BCUT2D eigenvalue weighted by Gasteiger charge is 2.13. The van der Waals surface area contributed by atoms with Crippen LogP contribution < -0.4 is 0 Å². The second-order valence-corrected chi connectivity index (χ2v) is 5.27. The first-order valence-corrected chi connectivity index (χ1v) is 6.79. The van der Waals surface area contributed by atoms with E-state index in [1.54, 1.807) is 10.7 Å². The molecule has 21 heavy (non-hydrogen) atoms. The van der Waals surface area contributed by atoms with E-state index in [0.29, 0.717) is 30.6 Å². The Hall–Kier alpha value is -2.35. The van der Waals surface area contributed by atoms with Crippen LogP contribution in [0, 0.1) is 0 Å². The summed E-state index contributed by atoms with van der Waals surface area (Å²) in [5, 5.41) is 8.31. The van der Waals surface area contributed by atoms with Gasteiger partial charge in [-0.25, -0.2) is 9.50 Å². The molecule has 8 nitrogen and oxygen atoms in total. The molecule has 0 N–H and O–H groups in total. The fourth-order valence-electron chi connectivity index (χ4n) is 1.94. The van der Waals surface area contributed by atoms with Gasteiger partial charge in [0.15, 0.2) is 11.6 Å². The maximum Gasteiger partial charge on any atom is 0.252 e. The maximum absolute atomic E-state index is 5.23. The lowest BCUT2D eigenvalue weighted by molar-refractivity contribution is 0.255. The zero-order chi connectivity index (χ0) is 14.8. The molecule has 0 aliphatic heterocycles. The monoisotopic (exact) mass is 287 g/mol. The number of hydrogen-bond acceptors (Lipinski definition) is 7. The van der Waals surface area contributed by atoms with Crippen LogP contribution in [0.4, 0.5) is 0 Å². The predicted octanol–water partition coefficient (Wildman–Crippen LogP) is 1.26. The molecule has 0 fully saturated rings. The lowest BCUT2D eigenvalue weighted by atomic mass is 10.2. The predicted molar refractivity (Wildman–Crippen MR) is 74.3 cm³/mol. The molecular weight excluding hydrogens is 270 g/mol. The van der Waals surface area contributed by atoms with Gasteiger partial charge in [-0.05, 0) is 13.1 Å². The third-order valence-electron chi connectivity index (χ3n) is 2.98. The van der Waals surface area contributed by atoms with Gasteiger partial charge in [-0.15, -0.1) is 5.10 Å². The Kier molecular flexibility index (Phi) is 3.61. The number of nitrogens with zero attached hydrogens (tertiary/aromatic N) is 7. The van der Waals surface area contributed by atoms with Crippen LogP contribution in [0.25, 0.3) is 5.78 Å². The van der Waals surface area contributed by atoms with Gasteiger partial charge in [0.1, 0.15) is 0 Å². The number of aromatic nitrogens is 6. The molecule has 0 saturated carbocycles. The molecule has 0 saturated heterocycles. The van der Waals surface area contributed by atoms with Crippen LogP contribution in [0.3, 0.4) is 0 Å². The molecule has 0 spiro atoms. The van der Waals surface area contributed by atoms with Gasteiger partial charge >= 0.3 is 0 Å². The lowest BCUT2D eigenvalue weighted by Gasteiger charge is -2.10. The molecule has 3 aromatic heterocycles. The van der Waals surface area contributed by atoms with Gasteiger partial charge in [0.25, 0.3) is 5.78 Å². The fraction of sp³-hybridized carbons (Fsp3) is 0.462. The quantitative estimate of drug-likeness (QED) is 0.698. The summed E-state index contributed by atoms with van der Waals surface area (Å²) in [5.41, 5.74) is 0. The van der Waals surface area contributed by atoms with Gasteiger partial charge in [-0.2, -0.15) is 9.97 Å². The summed E-state index contributed by atoms with van der Waals surface area (Å²) in [5.74, 6) is 2.90. The van der Waals surface area contributed by atoms with Crippen molar-refractivity contribution in [3.8, 4) is 0 Å². The van der Waals surface area contributed by atoms with Crippen LogP contribution in [0.5, 0.6) is 0 Å². The van der Waals surface area contributed by atoms with Crippen LogP contribution in [0.1, 0.15) is 37.3 Å². The van der Waals surface area contributed by atoms with Crippen molar-refractivity contribution in [3.05, 3.63) is 36.0 Å². The summed E-state index contributed by atoms with van der Waals surface area (Å²) in [6.07, 6.45) is 3.52. The van der Waals surface area contributed by atoms with Gasteiger partial charge < -0.3 is 4.52 Å². The number of hydrogen-bond donors (Lipinski definition) is 0. The first kappa shape index (κ1) is 13.6. The van der Waals surface area contributed by atoms with Gasteiger partial charge in [0.05, 0.1) is 13.1 Å². The molecule has 3 aromatic rings. The van der Waals surface area contributed by atoms with Crippen molar-refractivity contribution in [1.82, 2.24) is 34.6 Å². The normalized spacial score (nSPS) is 11.9. The highest BCUT2D eigenvalue weighted by Crippen LogP contribution is 2.11. The van der Waals surface area contributed by atoms with Crippen LogP contribution >= 0.6 is 0 Å². The Bertz CT molecular complexity index is 700. The van der Waals surface area contributed by atoms with E-state index in [1.807, 2.05) is 38.1 Å². The molecule has 0 amide bonds. The Morgan fingerprint density at radius 3 is 2.86 bits per heavy atom. The van der Waals surface area contributed by atoms with E-state index in [0.717, 1.165) is 5.82 Å². The third-order valence-corrected chi connectivity index (χ3v) is 2.98. The fourth-order valence-corrected chi connectivity index (χ4v) is 1.94. The van der Waals surface area contributed by atoms with Crippen molar-refractivity contribution in [3.63, 3.8) is 0 Å². The van der Waals surface area contributed by atoms with E-state index in [9.17, 15) is 0 Å². The minimum absolute atomic E-state index is 0.263.